The van der Waals surface area contributed by atoms with Gasteiger partial charge in [-0.2, -0.15) is 0 Å². The zero-order chi connectivity index (χ0) is 8.15. The molecular formula is C5H7AgNO4-2. The molecule has 0 saturated carbocycles. The molecule has 0 aromatic rings. The molecule has 0 aliphatic heterocycles. The molecule has 0 aliphatic rings. The van der Waals surface area contributed by atoms with Crippen LogP contribution in [-0.4, -0.2) is 18.0 Å². The van der Waals surface area contributed by atoms with Crippen LogP contribution in [0, 0.1) is 0 Å². The fraction of sp³-hybridized carbons (Fsp3) is 0.600. The van der Waals surface area contributed by atoms with Crippen LogP contribution in [0.3, 0.4) is 0 Å². The number of rotatable bonds is 4. The number of hydrogen-bond acceptors (Lipinski definition) is 5. The van der Waals surface area contributed by atoms with Crippen LogP contribution in [0.2, 0.25) is 0 Å². The Morgan fingerprint density at radius 3 is 2.09 bits per heavy atom. The van der Waals surface area contributed by atoms with Gasteiger partial charge >= 0.3 is 0 Å². The molecule has 69 valence electrons. The molecule has 11 heavy (non-hydrogen) atoms. The van der Waals surface area contributed by atoms with Crippen LogP contribution in [0.1, 0.15) is 12.8 Å². The molecule has 0 aliphatic carbocycles. The van der Waals surface area contributed by atoms with E-state index >= 15 is 0 Å². The van der Waals surface area contributed by atoms with Crippen molar-refractivity contribution in [3.8, 4) is 0 Å². The molecule has 0 bridgehead atoms. The molecule has 0 aromatic heterocycles. The average Bonchev–Trinajstić information content (AvgIpc) is 1.82. The molecule has 2 N–H and O–H groups in total. The topological polar surface area (TPSA) is 106 Å². The average molecular weight is 253 g/mol. The fourth-order valence-corrected chi connectivity index (χ4v) is 0.391. The number of nitrogens with two attached hydrogens (primary N) is 1. The van der Waals surface area contributed by atoms with Crippen LogP contribution in [-0.2, 0) is 32.0 Å². The molecule has 0 spiro atoms. The van der Waals surface area contributed by atoms with Gasteiger partial charge in [0.25, 0.3) is 0 Å². The maximum Gasteiger partial charge on any atom is 0.0582 e. The van der Waals surface area contributed by atoms with Crippen molar-refractivity contribution in [3.05, 3.63) is 0 Å². The summed E-state index contributed by atoms with van der Waals surface area (Å²) < 4.78 is 0. The SMILES string of the molecule is N[C@@H](CCC(=O)[O-])C(=O)[O-].[Ag]. The minimum Gasteiger partial charge on any atom is -0.550 e. The fourth-order valence-electron chi connectivity index (χ4n) is 0.391. The Bertz CT molecular complexity index is 149. The third-order valence-electron chi connectivity index (χ3n) is 0.962. The van der Waals surface area contributed by atoms with Gasteiger partial charge in [0.1, 0.15) is 0 Å². The largest absolute Gasteiger partial charge is 0.550 e. The van der Waals surface area contributed by atoms with E-state index in [1.165, 1.54) is 0 Å². The summed E-state index contributed by atoms with van der Waals surface area (Å²) in [4.78, 5) is 19.6. The second kappa shape index (κ2) is 6.36. The van der Waals surface area contributed by atoms with Gasteiger partial charge in [0.05, 0.1) is 5.97 Å². The van der Waals surface area contributed by atoms with E-state index in [1.807, 2.05) is 0 Å². The third kappa shape index (κ3) is 7.54. The Hall–Kier alpha value is -0.360. The summed E-state index contributed by atoms with van der Waals surface area (Å²) in [6.07, 6.45) is -0.500. The van der Waals surface area contributed by atoms with Gasteiger partial charge in [0, 0.05) is 34.4 Å². The monoisotopic (exact) mass is 252 g/mol. The first-order valence-corrected chi connectivity index (χ1v) is 2.70. The predicted molar refractivity (Wildman–Crippen MR) is 27.2 cm³/mol. The van der Waals surface area contributed by atoms with Crippen LogP contribution in [0.15, 0.2) is 0 Å². The maximum atomic E-state index is 9.86. The first-order chi connectivity index (χ1) is 4.54. The van der Waals surface area contributed by atoms with Crippen LogP contribution in [0.25, 0.3) is 0 Å². The Morgan fingerprint density at radius 2 is 1.82 bits per heavy atom. The van der Waals surface area contributed by atoms with E-state index in [4.69, 9.17) is 5.73 Å². The van der Waals surface area contributed by atoms with Crippen molar-refractivity contribution in [1.29, 1.82) is 0 Å². The molecule has 0 aromatic carbocycles. The van der Waals surface area contributed by atoms with Gasteiger partial charge in [-0.1, -0.05) is 0 Å². The number of hydrogen-bond donors (Lipinski definition) is 1. The van der Waals surface area contributed by atoms with Crippen LogP contribution < -0.4 is 15.9 Å². The van der Waals surface area contributed by atoms with Gasteiger partial charge < -0.3 is 25.5 Å². The summed E-state index contributed by atoms with van der Waals surface area (Å²) in [5.74, 6) is -2.75. The van der Waals surface area contributed by atoms with Crippen molar-refractivity contribution in [1.82, 2.24) is 0 Å². The second-order valence-electron chi connectivity index (χ2n) is 1.84. The minimum absolute atomic E-state index is 0. The summed E-state index contributed by atoms with van der Waals surface area (Å²) >= 11 is 0. The first kappa shape index (κ1) is 13.2. The number of aliphatic carboxylic acids is 2. The molecule has 0 saturated heterocycles. The van der Waals surface area contributed by atoms with Gasteiger partial charge in [-0.25, -0.2) is 0 Å². The third-order valence-corrected chi connectivity index (χ3v) is 0.962. The van der Waals surface area contributed by atoms with Crippen molar-refractivity contribution in [3.63, 3.8) is 0 Å². The molecule has 0 rings (SSSR count). The molecular weight excluding hydrogens is 246 g/mol. The number of carbonyl (C=O) groups excluding carboxylic acids is 2. The van der Waals surface area contributed by atoms with Gasteiger partial charge in [0.15, 0.2) is 0 Å². The summed E-state index contributed by atoms with van der Waals surface area (Å²) in [6, 6.07) is -1.21. The van der Waals surface area contributed by atoms with Crippen molar-refractivity contribution < 1.29 is 42.2 Å². The van der Waals surface area contributed by atoms with Gasteiger partial charge in [-0.3, -0.25) is 0 Å². The van der Waals surface area contributed by atoms with E-state index in [2.05, 4.69) is 0 Å². The predicted octanol–water partition coefficient (Wildman–Crippen LogP) is -3.41. The number of carboxylic acid groups (broad SMARTS) is 2. The molecule has 1 atom stereocenters. The molecule has 0 heterocycles. The van der Waals surface area contributed by atoms with Crippen molar-refractivity contribution in [2.24, 2.45) is 5.73 Å². The van der Waals surface area contributed by atoms with Crippen molar-refractivity contribution in [2.75, 3.05) is 0 Å². The standard InChI is InChI=1S/C5H9NO4.Ag/c6-3(5(9)10)1-2-4(7)8;/h3H,1-2,6H2,(H,7,8)(H,9,10);/p-2/t3-;/m0./s1. The van der Waals surface area contributed by atoms with Gasteiger partial charge in [0.2, 0.25) is 0 Å². The van der Waals surface area contributed by atoms with E-state index < -0.39 is 18.0 Å². The Kier molecular flexibility index (Phi) is 7.65. The Labute approximate surface area is 79.1 Å². The zero-order valence-electron chi connectivity index (χ0n) is 5.50. The molecule has 0 unspecified atom stereocenters. The summed E-state index contributed by atoms with van der Waals surface area (Å²) in [7, 11) is 0. The second-order valence-corrected chi connectivity index (χ2v) is 1.84. The molecule has 0 amide bonds. The summed E-state index contributed by atoms with van der Waals surface area (Å²) in [6.45, 7) is 0. The van der Waals surface area contributed by atoms with E-state index in [0.29, 0.717) is 0 Å². The van der Waals surface area contributed by atoms with Crippen LogP contribution in [0.4, 0.5) is 0 Å². The maximum absolute atomic E-state index is 9.86. The molecule has 5 nitrogen and oxygen atoms in total. The van der Waals surface area contributed by atoms with Crippen molar-refractivity contribution in [2.45, 2.75) is 18.9 Å². The summed E-state index contributed by atoms with van der Waals surface area (Å²) in [5, 5.41) is 19.6. The number of carbonyl (C=O) groups is 2. The smallest absolute Gasteiger partial charge is 0.0582 e. The van der Waals surface area contributed by atoms with Crippen LogP contribution in [0.5, 0.6) is 0 Å². The van der Waals surface area contributed by atoms with Crippen molar-refractivity contribution >= 4 is 11.9 Å². The Morgan fingerprint density at radius 1 is 1.36 bits per heavy atom. The molecule has 6 heteroatoms. The van der Waals surface area contributed by atoms with E-state index in [0.717, 1.165) is 0 Å². The van der Waals surface area contributed by atoms with E-state index in [9.17, 15) is 19.8 Å². The molecule has 0 fully saturated rings. The molecule has 1 radical (unpaired) electrons. The number of carboxylic acids is 2. The normalized spacial score (nSPS) is 11.4. The first-order valence-electron chi connectivity index (χ1n) is 2.70. The van der Waals surface area contributed by atoms with E-state index in [1.54, 1.807) is 0 Å². The van der Waals surface area contributed by atoms with Gasteiger partial charge in [-0.05, 0) is 12.8 Å². The minimum atomic E-state index is -1.44. The quantitative estimate of drug-likeness (QED) is 0.525. The van der Waals surface area contributed by atoms with Gasteiger partial charge in [-0.15, -0.1) is 0 Å². The summed E-state index contributed by atoms with van der Waals surface area (Å²) in [5.41, 5.74) is 4.91. The van der Waals surface area contributed by atoms with Crippen LogP contribution >= 0.6 is 0 Å². The van der Waals surface area contributed by atoms with E-state index in [-0.39, 0.29) is 35.2 Å². The zero-order valence-corrected chi connectivity index (χ0v) is 6.99. The Balaban J connectivity index is 0.